The van der Waals surface area contributed by atoms with E-state index in [4.69, 9.17) is 5.73 Å². The minimum Gasteiger partial charge on any atom is -0.369 e. The summed E-state index contributed by atoms with van der Waals surface area (Å²) in [5.74, 6) is 0.619. The molecule has 1 saturated carbocycles. The molecule has 4 N–H and O–H groups in total. The van der Waals surface area contributed by atoms with Crippen LogP contribution in [0.2, 0.25) is 0 Å². The normalized spacial score (nSPS) is 17.8. The smallest absolute Gasteiger partial charge is 0.252 e. The van der Waals surface area contributed by atoms with E-state index in [1.54, 1.807) is 0 Å². The number of nitrogens with zero attached hydrogens (tertiary/aromatic N) is 1. The molecule has 1 aliphatic rings. The molecule has 0 atom stereocenters. The van der Waals surface area contributed by atoms with E-state index in [0.717, 1.165) is 6.54 Å². The van der Waals surface area contributed by atoms with Crippen molar-refractivity contribution >= 4 is 5.82 Å². The molecule has 0 amide bonds. The monoisotopic (exact) mass is 194 g/mol. The van der Waals surface area contributed by atoms with E-state index < -0.39 is 0 Å². The third kappa shape index (κ3) is 1.93. The van der Waals surface area contributed by atoms with Gasteiger partial charge in [-0.15, -0.1) is 0 Å². The summed E-state index contributed by atoms with van der Waals surface area (Å²) in [5.41, 5.74) is 5.75. The Balaban J connectivity index is 1.95. The van der Waals surface area contributed by atoms with E-state index in [2.05, 4.69) is 15.3 Å². The van der Waals surface area contributed by atoms with Crippen LogP contribution in [-0.2, 0) is 0 Å². The van der Waals surface area contributed by atoms with E-state index in [1.807, 2.05) is 0 Å². The first-order valence-electron chi connectivity index (χ1n) is 4.73. The zero-order valence-corrected chi connectivity index (χ0v) is 7.92. The van der Waals surface area contributed by atoms with Crippen LogP contribution in [0.15, 0.2) is 17.2 Å². The molecule has 0 spiro atoms. The van der Waals surface area contributed by atoms with Crippen molar-refractivity contribution in [2.75, 3.05) is 18.4 Å². The SMILES string of the molecule is NCC1(CNc2cc(=O)[nH]cn2)CC1. The summed E-state index contributed by atoms with van der Waals surface area (Å²) >= 11 is 0. The van der Waals surface area contributed by atoms with Crippen molar-refractivity contribution < 1.29 is 0 Å². The van der Waals surface area contributed by atoms with Gasteiger partial charge in [-0.2, -0.15) is 0 Å². The van der Waals surface area contributed by atoms with Gasteiger partial charge >= 0.3 is 0 Å². The number of hydrogen-bond acceptors (Lipinski definition) is 4. The van der Waals surface area contributed by atoms with E-state index in [-0.39, 0.29) is 11.0 Å². The van der Waals surface area contributed by atoms with Gasteiger partial charge in [0.05, 0.1) is 6.33 Å². The molecule has 2 rings (SSSR count). The van der Waals surface area contributed by atoms with Crippen molar-refractivity contribution in [3.05, 3.63) is 22.7 Å². The number of aromatic nitrogens is 2. The van der Waals surface area contributed by atoms with Crippen molar-refractivity contribution in [1.29, 1.82) is 0 Å². The standard InChI is InChI=1S/C9H14N4O/c10-4-9(1-2-9)5-11-7-3-8(14)13-6-12-7/h3,6H,1-2,4-5,10H2,(H2,11,12,13,14). The molecule has 0 unspecified atom stereocenters. The molecule has 1 fully saturated rings. The molecule has 5 heteroatoms. The minimum absolute atomic E-state index is 0.139. The summed E-state index contributed by atoms with van der Waals surface area (Å²) in [4.78, 5) is 17.4. The second-order valence-corrected chi connectivity index (χ2v) is 3.85. The van der Waals surface area contributed by atoms with Crippen molar-refractivity contribution in [3.63, 3.8) is 0 Å². The maximum absolute atomic E-state index is 10.9. The Bertz CT molecular complexity index is 369. The molecule has 1 heterocycles. The summed E-state index contributed by atoms with van der Waals surface area (Å²) in [6, 6.07) is 1.45. The lowest BCUT2D eigenvalue weighted by Gasteiger charge is -2.12. The van der Waals surface area contributed by atoms with E-state index in [0.29, 0.717) is 12.4 Å². The second kappa shape index (κ2) is 3.42. The molecule has 0 aliphatic heterocycles. The number of nitrogens with one attached hydrogen (secondary N) is 2. The highest BCUT2D eigenvalue weighted by molar-refractivity contribution is 5.32. The first-order valence-corrected chi connectivity index (χ1v) is 4.73. The Hall–Kier alpha value is -1.36. The van der Waals surface area contributed by atoms with Gasteiger partial charge in [-0.05, 0) is 24.8 Å². The number of rotatable bonds is 4. The highest BCUT2D eigenvalue weighted by Gasteiger charge is 2.40. The predicted octanol–water partition coefficient (Wildman–Crippen LogP) is -0.0793. The molecule has 0 aromatic carbocycles. The highest BCUT2D eigenvalue weighted by atomic mass is 16.1. The molecule has 0 saturated heterocycles. The van der Waals surface area contributed by atoms with Crippen molar-refractivity contribution in [1.82, 2.24) is 9.97 Å². The number of aromatic amines is 1. The van der Waals surface area contributed by atoms with Gasteiger partial charge in [0, 0.05) is 12.6 Å². The summed E-state index contributed by atoms with van der Waals surface area (Å²) < 4.78 is 0. The van der Waals surface area contributed by atoms with E-state index >= 15 is 0 Å². The third-order valence-corrected chi connectivity index (χ3v) is 2.71. The largest absolute Gasteiger partial charge is 0.369 e. The van der Waals surface area contributed by atoms with Crippen molar-refractivity contribution in [2.45, 2.75) is 12.8 Å². The summed E-state index contributed by atoms with van der Waals surface area (Å²) in [6.07, 6.45) is 3.73. The molecule has 76 valence electrons. The molecule has 1 aromatic heterocycles. The topological polar surface area (TPSA) is 83.8 Å². The van der Waals surface area contributed by atoms with Crippen LogP contribution >= 0.6 is 0 Å². The Labute approximate surface area is 81.7 Å². The van der Waals surface area contributed by atoms with Gasteiger partial charge in [-0.3, -0.25) is 4.79 Å². The highest BCUT2D eigenvalue weighted by Crippen LogP contribution is 2.44. The maximum Gasteiger partial charge on any atom is 0.252 e. The van der Waals surface area contributed by atoms with Crippen LogP contribution in [0.25, 0.3) is 0 Å². The van der Waals surface area contributed by atoms with E-state index in [1.165, 1.54) is 25.2 Å². The molecule has 1 aliphatic carbocycles. The van der Waals surface area contributed by atoms with Crippen molar-refractivity contribution in [2.24, 2.45) is 11.1 Å². The fraction of sp³-hybridized carbons (Fsp3) is 0.556. The van der Waals surface area contributed by atoms with Crippen LogP contribution in [0.4, 0.5) is 5.82 Å². The average Bonchev–Trinajstić information content (AvgIpc) is 2.96. The van der Waals surface area contributed by atoms with Crippen LogP contribution < -0.4 is 16.6 Å². The fourth-order valence-electron chi connectivity index (χ4n) is 1.37. The number of anilines is 1. The van der Waals surface area contributed by atoms with Gasteiger partial charge in [0.1, 0.15) is 5.82 Å². The summed E-state index contributed by atoms with van der Waals surface area (Å²) in [7, 11) is 0. The van der Waals surface area contributed by atoms with Gasteiger partial charge in [0.2, 0.25) is 0 Å². The van der Waals surface area contributed by atoms with Crippen LogP contribution in [-0.4, -0.2) is 23.1 Å². The van der Waals surface area contributed by atoms with Crippen LogP contribution in [0.1, 0.15) is 12.8 Å². The number of nitrogens with two attached hydrogens (primary N) is 1. The Morgan fingerprint density at radius 1 is 1.64 bits per heavy atom. The average molecular weight is 194 g/mol. The van der Waals surface area contributed by atoms with Crippen LogP contribution in [0.5, 0.6) is 0 Å². The lowest BCUT2D eigenvalue weighted by atomic mass is 10.1. The van der Waals surface area contributed by atoms with Gasteiger partial charge in [0.25, 0.3) is 5.56 Å². The molecule has 1 aromatic rings. The van der Waals surface area contributed by atoms with Crippen LogP contribution in [0.3, 0.4) is 0 Å². The van der Waals surface area contributed by atoms with Gasteiger partial charge in [-0.1, -0.05) is 0 Å². The zero-order chi connectivity index (χ0) is 10.0. The summed E-state index contributed by atoms with van der Waals surface area (Å²) in [5, 5.41) is 3.13. The van der Waals surface area contributed by atoms with Gasteiger partial charge in [0.15, 0.2) is 0 Å². The summed E-state index contributed by atoms with van der Waals surface area (Å²) in [6.45, 7) is 1.50. The van der Waals surface area contributed by atoms with Gasteiger partial charge < -0.3 is 16.0 Å². The molecular formula is C9H14N4O. The zero-order valence-electron chi connectivity index (χ0n) is 7.92. The van der Waals surface area contributed by atoms with Gasteiger partial charge in [-0.25, -0.2) is 4.98 Å². The Morgan fingerprint density at radius 2 is 2.43 bits per heavy atom. The molecule has 0 radical (unpaired) electrons. The van der Waals surface area contributed by atoms with Crippen molar-refractivity contribution in [3.8, 4) is 0 Å². The second-order valence-electron chi connectivity index (χ2n) is 3.85. The fourth-order valence-corrected chi connectivity index (χ4v) is 1.37. The molecule has 0 bridgehead atoms. The molecular weight excluding hydrogens is 180 g/mol. The quantitative estimate of drug-likeness (QED) is 0.626. The Kier molecular flexibility index (Phi) is 2.25. The van der Waals surface area contributed by atoms with E-state index in [9.17, 15) is 4.79 Å². The Morgan fingerprint density at radius 3 is 3.00 bits per heavy atom. The lowest BCUT2D eigenvalue weighted by molar-refractivity contribution is 0.555. The lowest BCUT2D eigenvalue weighted by Crippen LogP contribution is -2.25. The first-order chi connectivity index (χ1) is 6.74. The molecule has 5 nitrogen and oxygen atoms in total. The first kappa shape index (κ1) is 9.21. The predicted molar refractivity (Wildman–Crippen MR) is 54.1 cm³/mol. The third-order valence-electron chi connectivity index (χ3n) is 2.71. The number of H-pyrrole nitrogens is 1. The number of hydrogen-bond donors (Lipinski definition) is 3. The van der Waals surface area contributed by atoms with Crippen LogP contribution in [0, 0.1) is 5.41 Å². The molecule has 14 heavy (non-hydrogen) atoms. The maximum atomic E-state index is 10.9. The minimum atomic E-state index is -0.139.